The van der Waals surface area contributed by atoms with Crippen molar-refractivity contribution in [1.29, 1.82) is 0 Å². The lowest BCUT2D eigenvalue weighted by Crippen LogP contribution is -2.45. The Morgan fingerprint density at radius 2 is 1.91 bits per heavy atom. The molecule has 2 N–H and O–H groups in total. The quantitative estimate of drug-likeness (QED) is 0.805. The minimum atomic E-state index is -0.911. The van der Waals surface area contributed by atoms with Crippen molar-refractivity contribution in [3.63, 3.8) is 0 Å². The summed E-state index contributed by atoms with van der Waals surface area (Å²) in [6.45, 7) is 4.39. The van der Waals surface area contributed by atoms with Crippen LogP contribution in [0.2, 0.25) is 0 Å². The topological polar surface area (TPSA) is 61.8 Å². The highest BCUT2D eigenvalue weighted by atomic mass is 16.5. The summed E-state index contributed by atoms with van der Waals surface area (Å²) in [7, 11) is 1.65. The minimum Gasteiger partial charge on any atom is -0.491 e. The number of benzene rings is 2. The van der Waals surface area contributed by atoms with Crippen molar-refractivity contribution in [1.82, 2.24) is 10.2 Å². The number of ether oxygens (including phenoxy) is 1. The molecule has 5 nitrogen and oxygen atoms in total. The van der Waals surface area contributed by atoms with E-state index in [-0.39, 0.29) is 12.6 Å². The van der Waals surface area contributed by atoms with Crippen molar-refractivity contribution in [2.24, 2.45) is 0 Å². The number of hydrogen-bond acceptors (Lipinski definition) is 3. The van der Waals surface area contributed by atoms with Gasteiger partial charge in [-0.15, -0.1) is 0 Å². The van der Waals surface area contributed by atoms with Crippen LogP contribution in [0.5, 0.6) is 5.75 Å². The Morgan fingerprint density at radius 3 is 2.65 bits per heavy atom. The van der Waals surface area contributed by atoms with Crippen LogP contribution in [0.4, 0.5) is 4.79 Å². The van der Waals surface area contributed by atoms with E-state index in [9.17, 15) is 9.90 Å². The highest BCUT2D eigenvalue weighted by Gasteiger charge is 2.18. The number of urea groups is 1. The van der Waals surface area contributed by atoms with Crippen LogP contribution in [-0.2, 0) is 0 Å². The molecule has 0 saturated carbocycles. The molecule has 0 aliphatic heterocycles. The first-order valence-corrected chi connectivity index (χ1v) is 7.69. The second-order valence-corrected chi connectivity index (χ2v) is 6.23. The fourth-order valence-electron chi connectivity index (χ4n) is 2.43. The summed E-state index contributed by atoms with van der Waals surface area (Å²) >= 11 is 0. The number of nitrogens with one attached hydrogen (secondary N) is 1. The maximum atomic E-state index is 11.9. The lowest BCUT2D eigenvalue weighted by Gasteiger charge is -2.25. The van der Waals surface area contributed by atoms with E-state index in [1.165, 1.54) is 4.90 Å². The third kappa shape index (κ3) is 5.14. The van der Waals surface area contributed by atoms with Gasteiger partial charge in [0.15, 0.2) is 0 Å². The molecule has 2 aromatic rings. The smallest absolute Gasteiger partial charge is 0.317 e. The molecule has 0 atom stereocenters. The number of carbonyl (C=O) groups is 1. The van der Waals surface area contributed by atoms with Crippen molar-refractivity contribution < 1.29 is 14.6 Å². The summed E-state index contributed by atoms with van der Waals surface area (Å²) in [6, 6.07) is 13.7. The van der Waals surface area contributed by atoms with Gasteiger partial charge in [-0.2, -0.15) is 0 Å². The van der Waals surface area contributed by atoms with Crippen LogP contribution in [-0.4, -0.2) is 48.4 Å². The second kappa shape index (κ2) is 7.33. The Hall–Kier alpha value is -2.27. The monoisotopic (exact) mass is 316 g/mol. The standard InChI is InChI=1S/C18H24N2O3/c1-18(2,22)13-20(3)17(21)19-11-12-23-16-10-6-8-14-7-4-5-9-15(14)16/h4-10,22H,11-13H2,1-3H3,(H,19,21). The number of carbonyl (C=O) groups excluding carboxylic acids is 1. The normalized spacial score (nSPS) is 11.3. The van der Waals surface area contributed by atoms with Gasteiger partial charge < -0.3 is 20.1 Å². The largest absolute Gasteiger partial charge is 0.491 e. The number of likely N-dealkylation sites (N-methyl/N-ethyl adjacent to an activating group) is 1. The summed E-state index contributed by atoms with van der Waals surface area (Å²) in [5.41, 5.74) is -0.911. The minimum absolute atomic E-state index is 0.228. The molecule has 0 fully saturated rings. The van der Waals surface area contributed by atoms with Crippen molar-refractivity contribution in [2.45, 2.75) is 19.4 Å². The average Bonchev–Trinajstić information content (AvgIpc) is 2.49. The van der Waals surface area contributed by atoms with Crippen LogP contribution < -0.4 is 10.1 Å². The first-order valence-electron chi connectivity index (χ1n) is 7.69. The molecule has 0 spiro atoms. The van der Waals surface area contributed by atoms with E-state index in [1.807, 2.05) is 42.5 Å². The molecule has 0 heterocycles. The van der Waals surface area contributed by atoms with Gasteiger partial charge in [-0.25, -0.2) is 4.79 Å². The average molecular weight is 316 g/mol. The first-order chi connectivity index (χ1) is 10.9. The van der Waals surface area contributed by atoms with Crippen LogP contribution in [0, 0.1) is 0 Å². The Bertz CT molecular complexity index is 659. The number of rotatable bonds is 6. The highest BCUT2D eigenvalue weighted by molar-refractivity contribution is 5.88. The van der Waals surface area contributed by atoms with Gasteiger partial charge in [0, 0.05) is 12.4 Å². The van der Waals surface area contributed by atoms with Crippen molar-refractivity contribution in [3.05, 3.63) is 42.5 Å². The van der Waals surface area contributed by atoms with Crippen LogP contribution in [0.15, 0.2) is 42.5 Å². The van der Waals surface area contributed by atoms with Crippen LogP contribution in [0.1, 0.15) is 13.8 Å². The predicted octanol–water partition coefficient (Wildman–Crippen LogP) is 2.63. The predicted molar refractivity (Wildman–Crippen MR) is 91.8 cm³/mol. The number of hydrogen-bond donors (Lipinski definition) is 2. The van der Waals surface area contributed by atoms with E-state index in [1.54, 1.807) is 20.9 Å². The number of amides is 2. The maximum Gasteiger partial charge on any atom is 0.317 e. The fraction of sp³-hybridized carbons (Fsp3) is 0.389. The Labute approximate surface area is 136 Å². The van der Waals surface area contributed by atoms with Crippen molar-refractivity contribution in [3.8, 4) is 5.75 Å². The molecule has 0 bridgehead atoms. The Kier molecular flexibility index (Phi) is 5.45. The molecule has 5 heteroatoms. The van der Waals surface area contributed by atoms with Gasteiger partial charge in [-0.1, -0.05) is 36.4 Å². The molecule has 0 aliphatic carbocycles. The van der Waals surface area contributed by atoms with E-state index < -0.39 is 5.60 Å². The zero-order valence-corrected chi connectivity index (χ0v) is 13.9. The van der Waals surface area contributed by atoms with Gasteiger partial charge in [0.2, 0.25) is 0 Å². The summed E-state index contributed by atoms with van der Waals surface area (Å²) in [4.78, 5) is 13.3. The van der Waals surface area contributed by atoms with Gasteiger partial charge >= 0.3 is 6.03 Å². The zero-order chi connectivity index (χ0) is 16.9. The number of fused-ring (bicyclic) bond motifs is 1. The summed E-state index contributed by atoms with van der Waals surface area (Å²) < 4.78 is 5.77. The Morgan fingerprint density at radius 1 is 1.22 bits per heavy atom. The summed E-state index contributed by atoms with van der Waals surface area (Å²) in [6.07, 6.45) is 0. The molecule has 0 saturated heterocycles. The molecular formula is C18H24N2O3. The molecule has 0 aliphatic rings. The molecule has 0 aromatic heterocycles. The van der Waals surface area contributed by atoms with Crippen LogP contribution in [0.3, 0.4) is 0 Å². The number of nitrogens with zero attached hydrogens (tertiary/aromatic N) is 1. The van der Waals surface area contributed by atoms with Gasteiger partial charge in [-0.05, 0) is 25.3 Å². The molecule has 124 valence electrons. The van der Waals surface area contributed by atoms with Gasteiger partial charge in [0.1, 0.15) is 12.4 Å². The molecule has 23 heavy (non-hydrogen) atoms. The van der Waals surface area contributed by atoms with Crippen LogP contribution in [0.25, 0.3) is 10.8 Å². The summed E-state index contributed by atoms with van der Waals surface area (Å²) in [5, 5.41) is 14.7. The lowest BCUT2D eigenvalue weighted by atomic mass is 10.1. The third-order valence-corrected chi connectivity index (χ3v) is 3.36. The summed E-state index contributed by atoms with van der Waals surface area (Å²) in [5.74, 6) is 0.808. The van der Waals surface area contributed by atoms with E-state index in [2.05, 4.69) is 5.32 Å². The molecule has 0 unspecified atom stereocenters. The zero-order valence-electron chi connectivity index (χ0n) is 13.9. The molecule has 2 rings (SSSR count). The maximum absolute atomic E-state index is 11.9. The molecule has 2 amide bonds. The SMILES string of the molecule is CN(CC(C)(C)O)C(=O)NCCOc1cccc2ccccc12. The lowest BCUT2D eigenvalue weighted by molar-refractivity contribution is 0.0531. The highest BCUT2D eigenvalue weighted by Crippen LogP contribution is 2.24. The van der Waals surface area contributed by atoms with Crippen LogP contribution >= 0.6 is 0 Å². The first kappa shape index (κ1) is 17.1. The number of aliphatic hydroxyl groups is 1. The van der Waals surface area contributed by atoms with Crippen molar-refractivity contribution >= 4 is 16.8 Å². The fourth-order valence-corrected chi connectivity index (χ4v) is 2.43. The van der Waals surface area contributed by atoms with Gasteiger partial charge in [0.25, 0.3) is 0 Å². The molecule has 2 aromatic carbocycles. The van der Waals surface area contributed by atoms with E-state index >= 15 is 0 Å². The van der Waals surface area contributed by atoms with Gasteiger partial charge in [0.05, 0.1) is 18.7 Å². The molecular weight excluding hydrogens is 292 g/mol. The van der Waals surface area contributed by atoms with Gasteiger partial charge in [-0.3, -0.25) is 0 Å². The van der Waals surface area contributed by atoms with E-state index in [0.717, 1.165) is 16.5 Å². The van der Waals surface area contributed by atoms with Crippen molar-refractivity contribution in [2.75, 3.05) is 26.7 Å². The third-order valence-electron chi connectivity index (χ3n) is 3.36. The molecule has 0 radical (unpaired) electrons. The second-order valence-electron chi connectivity index (χ2n) is 6.23. The van der Waals surface area contributed by atoms with E-state index in [0.29, 0.717) is 13.2 Å². The van der Waals surface area contributed by atoms with E-state index in [4.69, 9.17) is 4.74 Å². The Balaban J connectivity index is 1.82.